The number of hydrogen-bond donors (Lipinski definition) is 1. The number of rotatable bonds is 8. The molecule has 2 aromatic heterocycles. The summed E-state index contributed by atoms with van der Waals surface area (Å²) in [6.07, 6.45) is 4.89. The number of anilines is 1. The van der Waals surface area contributed by atoms with Crippen LogP contribution < -0.4 is 14.8 Å². The van der Waals surface area contributed by atoms with E-state index < -0.39 is 0 Å². The first-order chi connectivity index (χ1) is 13.5. The standard InChI is InChI=1S/C19H22ClN5O3/c1-4-27-16-7-6-13(8-17(16)28-5-2)10-25-11-14(9-21-25)22-19(26)18-15(20)12-24(3)23-18/h6-9,11-12H,4-5,10H2,1-3H3,(H,22,26). The van der Waals surface area contributed by atoms with E-state index >= 15 is 0 Å². The molecule has 0 atom stereocenters. The summed E-state index contributed by atoms with van der Waals surface area (Å²) >= 11 is 6.01. The lowest BCUT2D eigenvalue weighted by molar-refractivity contribution is 0.102. The van der Waals surface area contributed by atoms with Crippen LogP contribution in [-0.4, -0.2) is 38.7 Å². The second kappa shape index (κ2) is 8.79. The Bertz CT molecular complexity index is 966. The molecule has 1 N–H and O–H groups in total. The molecule has 0 aliphatic rings. The molecule has 3 rings (SSSR count). The minimum Gasteiger partial charge on any atom is -0.490 e. The molecule has 8 nitrogen and oxygen atoms in total. The highest BCUT2D eigenvalue weighted by atomic mass is 35.5. The fourth-order valence-corrected chi connectivity index (χ4v) is 2.96. The topological polar surface area (TPSA) is 83.2 Å². The Balaban J connectivity index is 1.69. The fraction of sp³-hybridized carbons (Fsp3) is 0.316. The third-order valence-corrected chi connectivity index (χ3v) is 4.12. The Morgan fingerprint density at radius 2 is 1.93 bits per heavy atom. The maximum atomic E-state index is 12.3. The summed E-state index contributed by atoms with van der Waals surface area (Å²) in [5, 5.41) is 11.4. The van der Waals surface area contributed by atoms with Crippen LogP contribution in [0.4, 0.5) is 5.69 Å². The lowest BCUT2D eigenvalue weighted by atomic mass is 10.2. The van der Waals surface area contributed by atoms with Gasteiger partial charge in [0.2, 0.25) is 0 Å². The van der Waals surface area contributed by atoms with E-state index in [1.807, 2.05) is 32.0 Å². The van der Waals surface area contributed by atoms with Gasteiger partial charge < -0.3 is 14.8 Å². The van der Waals surface area contributed by atoms with Crippen molar-refractivity contribution in [2.45, 2.75) is 20.4 Å². The van der Waals surface area contributed by atoms with E-state index in [1.54, 1.807) is 30.3 Å². The molecule has 0 saturated heterocycles. The molecule has 2 heterocycles. The minimum atomic E-state index is -0.384. The first kappa shape index (κ1) is 19.8. The number of halogens is 1. The number of nitrogens with one attached hydrogen (secondary N) is 1. The van der Waals surface area contributed by atoms with Crippen molar-refractivity contribution in [2.24, 2.45) is 7.05 Å². The predicted octanol–water partition coefficient (Wildman–Crippen LogP) is 3.37. The minimum absolute atomic E-state index is 0.171. The molecule has 0 fully saturated rings. The summed E-state index contributed by atoms with van der Waals surface area (Å²) in [6.45, 7) is 5.51. The smallest absolute Gasteiger partial charge is 0.277 e. The van der Waals surface area contributed by atoms with Gasteiger partial charge in [0, 0.05) is 19.4 Å². The molecule has 0 spiro atoms. The molecule has 0 aliphatic heterocycles. The van der Waals surface area contributed by atoms with Gasteiger partial charge in [-0.2, -0.15) is 10.2 Å². The number of carbonyl (C=O) groups is 1. The largest absolute Gasteiger partial charge is 0.490 e. The molecule has 0 saturated carbocycles. The zero-order valence-electron chi connectivity index (χ0n) is 16.0. The van der Waals surface area contributed by atoms with Gasteiger partial charge in [-0.3, -0.25) is 14.2 Å². The Morgan fingerprint density at radius 1 is 1.18 bits per heavy atom. The molecule has 28 heavy (non-hydrogen) atoms. The van der Waals surface area contributed by atoms with E-state index in [2.05, 4.69) is 15.5 Å². The molecular weight excluding hydrogens is 382 g/mol. The Morgan fingerprint density at radius 3 is 2.61 bits per heavy atom. The van der Waals surface area contributed by atoms with Crippen LogP contribution in [0.3, 0.4) is 0 Å². The molecular formula is C19H22ClN5O3. The molecule has 0 aliphatic carbocycles. The van der Waals surface area contributed by atoms with Crippen LogP contribution in [0.2, 0.25) is 5.02 Å². The van der Waals surface area contributed by atoms with Gasteiger partial charge in [-0.1, -0.05) is 17.7 Å². The molecule has 1 amide bonds. The Kier molecular flexibility index (Phi) is 6.20. The van der Waals surface area contributed by atoms with E-state index in [9.17, 15) is 4.79 Å². The summed E-state index contributed by atoms with van der Waals surface area (Å²) in [5.41, 5.74) is 1.73. The molecule has 1 aromatic carbocycles. The van der Waals surface area contributed by atoms with Crippen molar-refractivity contribution in [1.82, 2.24) is 19.6 Å². The normalized spacial score (nSPS) is 10.7. The highest BCUT2D eigenvalue weighted by molar-refractivity contribution is 6.34. The van der Waals surface area contributed by atoms with Crippen molar-refractivity contribution >= 4 is 23.2 Å². The number of amides is 1. The van der Waals surface area contributed by atoms with Gasteiger partial charge in [0.1, 0.15) is 0 Å². The summed E-state index contributed by atoms with van der Waals surface area (Å²) in [4.78, 5) is 12.3. The molecule has 3 aromatic rings. The number of benzene rings is 1. The van der Waals surface area contributed by atoms with Crippen molar-refractivity contribution in [1.29, 1.82) is 0 Å². The lowest BCUT2D eigenvalue weighted by Gasteiger charge is -2.12. The van der Waals surface area contributed by atoms with E-state index in [0.717, 1.165) is 5.56 Å². The Hall–Kier alpha value is -3.00. The summed E-state index contributed by atoms with van der Waals surface area (Å²) in [7, 11) is 1.70. The average molecular weight is 404 g/mol. The van der Waals surface area contributed by atoms with E-state index in [4.69, 9.17) is 21.1 Å². The predicted molar refractivity (Wildman–Crippen MR) is 106 cm³/mol. The van der Waals surface area contributed by atoms with Crippen LogP contribution in [0, 0.1) is 0 Å². The van der Waals surface area contributed by atoms with Gasteiger partial charge >= 0.3 is 0 Å². The number of aryl methyl sites for hydroxylation is 1. The SMILES string of the molecule is CCOc1ccc(Cn2cc(NC(=O)c3nn(C)cc3Cl)cn2)cc1OCC. The molecule has 0 unspecified atom stereocenters. The van der Waals surface area contributed by atoms with E-state index in [1.165, 1.54) is 4.68 Å². The van der Waals surface area contributed by atoms with Crippen molar-refractivity contribution in [3.05, 3.63) is 53.1 Å². The van der Waals surface area contributed by atoms with Crippen LogP contribution in [0.1, 0.15) is 29.9 Å². The summed E-state index contributed by atoms with van der Waals surface area (Å²) in [6, 6.07) is 5.78. The van der Waals surface area contributed by atoms with Crippen LogP contribution in [-0.2, 0) is 13.6 Å². The number of aromatic nitrogens is 4. The summed E-state index contributed by atoms with van der Waals surface area (Å²) < 4.78 is 14.4. The third-order valence-electron chi connectivity index (χ3n) is 3.84. The summed E-state index contributed by atoms with van der Waals surface area (Å²) in [5.74, 6) is 1.03. The van der Waals surface area contributed by atoms with Gasteiger partial charge in [0.15, 0.2) is 17.2 Å². The zero-order chi connectivity index (χ0) is 20.1. The van der Waals surface area contributed by atoms with Gasteiger partial charge in [-0.05, 0) is 31.5 Å². The van der Waals surface area contributed by atoms with Gasteiger partial charge in [0.05, 0.1) is 36.7 Å². The van der Waals surface area contributed by atoms with Gasteiger partial charge in [-0.15, -0.1) is 0 Å². The molecule has 0 bridgehead atoms. The maximum absolute atomic E-state index is 12.3. The Labute approximate surface area is 168 Å². The van der Waals surface area contributed by atoms with Crippen molar-refractivity contribution in [3.63, 3.8) is 0 Å². The fourth-order valence-electron chi connectivity index (χ4n) is 2.70. The quantitative estimate of drug-likeness (QED) is 0.623. The first-order valence-corrected chi connectivity index (χ1v) is 9.29. The second-order valence-corrected chi connectivity index (χ2v) is 6.43. The molecule has 0 radical (unpaired) electrons. The van der Waals surface area contributed by atoms with E-state index in [-0.39, 0.29) is 11.6 Å². The highest BCUT2D eigenvalue weighted by Gasteiger charge is 2.15. The zero-order valence-corrected chi connectivity index (χ0v) is 16.7. The van der Waals surface area contributed by atoms with Gasteiger partial charge in [-0.25, -0.2) is 0 Å². The molecule has 148 valence electrons. The second-order valence-electron chi connectivity index (χ2n) is 6.03. The maximum Gasteiger partial charge on any atom is 0.277 e. The van der Waals surface area contributed by atoms with E-state index in [0.29, 0.717) is 42.0 Å². The number of carbonyl (C=O) groups excluding carboxylic acids is 1. The molecule has 9 heteroatoms. The van der Waals surface area contributed by atoms with Crippen molar-refractivity contribution in [3.8, 4) is 11.5 Å². The van der Waals surface area contributed by atoms with Crippen LogP contribution in [0.15, 0.2) is 36.8 Å². The monoisotopic (exact) mass is 403 g/mol. The third kappa shape index (κ3) is 4.64. The number of nitrogens with zero attached hydrogens (tertiary/aromatic N) is 4. The van der Waals surface area contributed by atoms with Crippen LogP contribution in [0.5, 0.6) is 11.5 Å². The lowest BCUT2D eigenvalue weighted by Crippen LogP contribution is -2.13. The number of ether oxygens (including phenoxy) is 2. The van der Waals surface area contributed by atoms with Gasteiger partial charge in [0.25, 0.3) is 5.91 Å². The number of hydrogen-bond acceptors (Lipinski definition) is 5. The van der Waals surface area contributed by atoms with Crippen molar-refractivity contribution in [2.75, 3.05) is 18.5 Å². The van der Waals surface area contributed by atoms with Crippen LogP contribution in [0.25, 0.3) is 0 Å². The van der Waals surface area contributed by atoms with Crippen LogP contribution >= 0.6 is 11.6 Å². The average Bonchev–Trinajstić information content (AvgIpc) is 3.23. The van der Waals surface area contributed by atoms with Crippen molar-refractivity contribution < 1.29 is 14.3 Å². The highest BCUT2D eigenvalue weighted by Crippen LogP contribution is 2.29. The first-order valence-electron chi connectivity index (χ1n) is 8.91.